The lowest BCUT2D eigenvalue weighted by molar-refractivity contribution is 0.108. The van der Waals surface area contributed by atoms with E-state index in [0.717, 1.165) is 25.4 Å². The molecule has 3 nitrogen and oxygen atoms in total. The fraction of sp³-hybridized carbons (Fsp3) is 0.562. The average Bonchev–Trinajstić information content (AvgIpc) is 2.50. The molecule has 1 aromatic carbocycles. The van der Waals surface area contributed by atoms with Gasteiger partial charge in [-0.1, -0.05) is 30.9 Å². The lowest BCUT2D eigenvalue weighted by atomic mass is 9.75. The Morgan fingerprint density at radius 3 is 2.81 bits per heavy atom. The minimum Gasteiger partial charge on any atom is -0.324 e. The van der Waals surface area contributed by atoms with Gasteiger partial charge in [-0.05, 0) is 42.9 Å². The molecular formula is C16H20ClFN2O. The number of carbonyl (C=O) groups is 1. The summed E-state index contributed by atoms with van der Waals surface area (Å²) in [6, 6.07) is 3.97. The molecule has 1 aliphatic carbocycles. The Labute approximate surface area is 129 Å². The quantitative estimate of drug-likeness (QED) is 0.812. The zero-order valence-corrected chi connectivity index (χ0v) is 12.7. The van der Waals surface area contributed by atoms with Crippen LogP contribution in [-0.4, -0.2) is 24.0 Å². The number of urea groups is 1. The van der Waals surface area contributed by atoms with Crippen molar-refractivity contribution in [3.8, 4) is 0 Å². The van der Waals surface area contributed by atoms with Crippen LogP contribution in [-0.2, 0) is 0 Å². The van der Waals surface area contributed by atoms with E-state index in [-0.39, 0.29) is 11.7 Å². The van der Waals surface area contributed by atoms with E-state index in [1.165, 1.54) is 43.9 Å². The summed E-state index contributed by atoms with van der Waals surface area (Å²) < 4.78 is 13.7. The Kier molecular flexibility index (Phi) is 4.34. The summed E-state index contributed by atoms with van der Waals surface area (Å²) in [4.78, 5) is 14.1. The number of amides is 2. The summed E-state index contributed by atoms with van der Waals surface area (Å²) in [7, 11) is 0. The predicted molar refractivity (Wildman–Crippen MR) is 82.1 cm³/mol. The van der Waals surface area contributed by atoms with E-state index in [0.29, 0.717) is 10.9 Å². The Hall–Kier alpha value is -1.29. The number of benzene rings is 1. The molecule has 1 aliphatic heterocycles. The molecule has 0 unspecified atom stereocenters. The average molecular weight is 311 g/mol. The zero-order chi connectivity index (χ0) is 14.8. The van der Waals surface area contributed by atoms with Crippen molar-refractivity contribution in [3.63, 3.8) is 0 Å². The van der Waals surface area contributed by atoms with Crippen LogP contribution in [0, 0.1) is 17.7 Å². The topological polar surface area (TPSA) is 32.3 Å². The van der Waals surface area contributed by atoms with Crippen LogP contribution in [0.2, 0.25) is 5.02 Å². The monoisotopic (exact) mass is 310 g/mol. The molecule has 1 N–H and O–H groups in total. The highest BCUT2D eigenvalue weighted by Crippen LogP contribution is 2.36. The number of nitrogens with one attached hydrogen (secondary N) is 1. The van der Waals surface area contributed by atoms with Crippen molar-refractivity contribution in [3.05, 3.63) is 29.0 Å². The number of carbonyl (C=O) groups excluding carboxylic acids is 1. The fourth-order valence-corrected chi connectivity index (χ4v) is 3.74. The Balaban J connectivity index is 1.64. The smallest absolute Gasteiger partial charge is 0.321 e. The molecule has 21 heavy (non-hydrogen) atoms. The summed E-state index contributed by atoms with van der Waals surface area (Å²) in [5.41, 5.74) is 0.151. The van der Waals surface area contributed by atoms with Crippen LogP contribution >= 0.6 is 11.6 Å². The van der Waals surface area contributed by atoms with Gasteiger partial charge in [0.2, 0.25) is 0 Å². The molecule has 0 spiro atoms. The number of anilines is 1. The van der Waals surface area contributed by atoms with Gasteiger partial charge in [-0.25, -0.2) is 9.18 Å². The van der Waals surface area contributed by atoms with Gasteiger partial charge in [0, 0.05) is 18.1 Å². The van der Waals surface area contributed by atoms with E-state index in [9.17, 15) is 9.18 Å². The second-order valence-electron chi connectivity index (χ2n) is 6.09. The first-order valence-electron chi connectivity index (χ1n) is 7.64. The van der Waals surface area contributed by atoms with Crippen molar-refractivity contribution in [1.82, 2.24) is 4.90 Å². The summed E-state index contributed by atoms with van der Waals surface area (Å²) in [5, 5.41) is 3.06. The van der Waals surface area contributed by atoms with Gasteiger partial charge >= 0.3 is 6.03 Å². The largest absolute Gasteiger partial charge is 0.324 e. The lowest BCUT2D eigenvalue weighted by Gasteiger charge is -2.41. The highest BCUT2D eigenvalue weighted by atomic mass is 35.5. The first kappa shape index (κ1) is 14.6. The standard InChI is InChI=1S/C16H20ClFN2O/c17-13-5-6-14(18)15(9-13)19-16(21)20-8-7-11-3-1-2-4-12(11)10-20/h5-6,9,11-12H,1-4,7-8,10H2,(H,19,21)/t11-,12+/m1/s1. The fourth-order valence-electron chi connectivity index (χ4n) is 3.57. The summed E-state index contributed by atoms with van der Waals surface area (Å²) >= 11 is 5.85. The summed E-state index contributed by atoms with van der Waals surface area (Å²) in [6.45, 7) is 1.55. The third kappa shape index (κ3) is 3.31. The molecule has 0 radical (unpaired) electrons. The number of hydrogen-bond acceptors (Lipinski definition) is 1. The molecule has 2 fully saturated rings. The maximum Gasteiger partial charge on any atom is 0.321 e. The third-order valence-electron chi connectivity index (χ3n) is 4.75. The molecule has 1 heterocycles. The maximum atomic E-state index is 13.7. The van der Waals surface area contributed by atoms with E-state index in [2.05, 4.69) is 5.32 Å². The molecule has 3 rings (SSSR count). The van der Waals surface area contributed by atoms with E-state index in [1.54, 1.807) is 0 Å². The molecule has 114 valence electrons. The van der Waals surface area contributed by atoms with Crippen molar-refractivity contribution in [2.24, 2.45) is 11.8 Å². The predicted octanol–water partition coefficient (Wildman–Crippen LogP) is 4.52. The van der Waals surface area contributed by atoms with Gasteiger partial charge in [0.25, 0.3) is 0 Å². The van der Waals surface area contributed by atoms with Gasteiger partial charge in [-0.2, -0.15) is 0 Å². The molecule has 5 heteroatoms. The minimum atomic E-state index is -0.458. The Morgan fingerprint density at radius 2 is 2.00 bits per heavy atom. The highest BCUT2D eigenvalue weighted by Gasteiger charge is 2.33. The summed E-state index contributed by atoms with van der Waals surface area (Å²) in [6.07, 6.45) is 6.15. The van der Waals surface area contributed by atoms with Crippen LogP contribution in [0.5, 0.6) is 0 Å². The lowest BCUT2D eigenvalue weighted by Crippen LogP contribution is -2.46. The first-order valence-corrected chi connectivity index (χ1v) is 8.02. The number of likely N-dealkylation sites (tertiary alicyclic amines) is 1. The number of rotatable bonds is 1. The van der Waals surface area contributed by atoms with Crippen molar-refractivity contribution in [1.29, 1.82) is 0 Å². The number of hydrogen-bond donors (Lipinski definition) is 1. The second kappa shape index (κ2) is 6.22. The molecule has 1 saturated heterocycles. The number of piperidine rings is 1. The molecular weight excluding hydrogens is 291 g/mol. The van der Waals surface area contributed by atoms with Gasteiger partial charge in [0.1, 0.15) is 5.82 Å². The van der Waals surface area contributed by atoms with E-state index < -0.39 is 5.82 Å². The van der Waals surface area contributed by atoms with Crippen LogP contribution in [0.15, 0.2) is 18.2 Å². The van der Waals surface area contributed by atoms with Crippen LogP contribution < -0.4 is 5.32 Å². The molecule has 2 amide bonds. The van der Waals surface area contributed by atoms with E-state index in [4.69, 9.17) is 11.6 Å². The Bertz CT molecular complexity index is 537. The highest BCUT2D eigenvalue weighted by molar-refractivity contribution is 6.30. The van der Waals surface area contributed by atoms with Crippen LogP contribution in [0.4, 0.5) is 14.9 Å². The molecule has 1 saturated carbocycles. The van der Waals surface area contributed by atoms with Crippen molar-refractivity contribution < 1.29 is 9.18 Å². The maximum absolute atomic E-state index is 13.7. The SMILES string of the molecule is O=C(Nc1cc(Cl)ccc1F)N1CC[C@H]2CCCC[C@H]2C1. The van der Waals surface area contributed by atoms with Crippen LogP contribution in [0.25, 0.3) is 0 Å². The molecule has 1 aromatic rings. The van der Waals surface area contributed by atoms with Gasteiger partial charge < -0.3 is 10.2 Å². The third-order valence-corrected chi connectivity index (χ3v) is 4.98. The second-order valence-corrected chi connectivity index (χ2v) is 6.53. The minimum absolute atomic E-state index is 0.151. The van der Waals surface area contributed by atoms with Crippen molar-refractivity contribution >= 4 is 23.3 Å². The van der Waals surface area contributed by atoms with Crippen molar-refractivity contribution in [2.45, 2.75) is 32.1 Å². The molecule has 2 atom stereocenters. The van der Waals surface area contributed by atoms with Gasteiger partial charge in [0.05, 0.1) is 5.69 Å². The molecule has 0 aromatic heterocycles. The number of nitrogens with zero attached hydrogens (tertiary/aromatic N) is 1. The van der Waals surface area contributed by atoms with Crippen LogP contribution in [0.1, 0.15) is 32.1 Å². The Morgan fingerprint density at radius 1 is 1.24 bits per heavy atom. The normalized spacial score (nSPS) is 25.3. The number of halogens is 2. The molecule has 2 aliphatic rings. The molecule has 0 bridgehead atoms. The van der Waals surface area contributed by atoms with Gasteiger partial charge in [0.15, 0.2) is 0 Å². The van der Waals surface area contributed by atoms with Crippen LogP contribution in [0.3, 0.4) is 0 Å². The van der Waals surface area contributed by atoms with Gasteiger partial charge in [-0.15, -0.1) is 0 Å². The first-order chi connectivity index (χ1) is 10.1. The number of fused-ring (bicyclic) bond motifs is 1. The van der Waals surface area contributed by atoms with Gasteiger partial charge in [-0.3, -0.25) is 0 Å². The van der Waals surface area contributed by atoms with Crippen molar-refractivity contribution in [2.75, 3.05) is 18.4 Å². The summed E-state index contributed by atoms with van der Waals surface area (Å²) in [5.74, 6) is 0.925. The van der Waals surface area contributed by atoms with E-state index >= 15 is 0 Å². The zero-order valence-electron chi connectivity index (χ0n) is 11.9. The van der Waals surface area contributed by atoms with E-state index in [1.807, 2.05) is 4.90 Å².